The van der Waals surface area contributed by atoms with Gasteiger partial charge in [-0.25, -0.2) is 4.98 Å². The van der Waals surface area contributed by atoms with E-state index in [2.05, 4.69) is 187 Å². The number of nitrogens with zero attached hydrogens (tertiary/aromatic N) is 3. The SMILES string of the molecule is Cc1cccc(C)c1-c1cc(-c2cccc(-n3c4ccccc4c4ccccc43)c2)cc(-c2nc3ccccc3n2-c2ccccc2)c1. The molecule has 48 heavy (non-hydrogen) atoms. The first kappa shape index (κ1) is 28.1. The minimum atomic E-state index is 0.926. The molecule has 7 aromatic carbocycles. The van der Waals surface area contributed by atoms with Crippen LogP contribution in [0.3, 0.4) is 0 Å². The summed E-state index contributed by atoms with van der Waals surface area (Å²) in [5.74, 6) is 0.926. The van der Waals surface area contributed by atoms with Gasteiger partial charge in [0.1, 0.15) is 5.82 Å². The highest BCUT2D eigenvalue weighted by atomic mass is 15.1. The number of aromatic nitrogens is 3. The van der Waals surface area contributed by atoms with E-state index in [-0.39, 0.29) is 0 Å². The second-order valence-corrected chi connectivity index (χ2v) is 12.6. The summed E-state index contributed by atoms with van der Waals surface area (Å²) in [6, 6.07) is 58.8. The maximum Gasteiger partial charge on any atom is 0.145 e. The van der Waals surface area contributed by atoms with Gasteiger partial charge in [-0.15, -0.1) is 0 Å². The third kappa shape index (κ3) is 4.55. The van der Waals surface area contributed by atoms with E-state index in [0.29, 0.717) is 0 Å². The number of benzene rings is 7. The van der Waals surface area contributed by atoms with Gasteiger partial charge in [0.15, 0.2) is 0 Å². The van der Waals surface area contributed by atoms with Crippen LogP contribution in [0.15, 0.2) is 164 Å². The fourth-order valence-electron chi connectivity index (χ4n) is 7.42. The van der Waals surface area contributed by atoms with Crippen LogP contribution in [-0.4, -0.2) is 14.1 Å². The molecular weight excluding hydrogens is 583 g/mol. The summed E-state index contributed by atoms with van der Waals surface area (Å²) in [5.41, 5.74) is 15.1. The minimum Gasteiger partial charge on any atom is -0.309 e. The van der Waals surface area contributed by atoms with Crippen LogP contribution in [0.4, 0.5) is 0 Å². The maximum atomic E-state index is 5.26. The van der Waals surface area contributed by atoms with E-state index in [0.717, 1.165) is 44.9 Å². The molecular formula is C45H33N3. The fourth-order valence-corrected chi connectivity index (χ4v) is 7.42. The molecule has 0 radical (unpaired) electrons. The van der Waals surface area contributed by atoms with Crippen LogP contribution in [0.2, 0.25) is 0 Å². The van der Waals surface area contributed by atoms with Gasteiger partial charge in [-0.05, 0) is 114 Å². The molecule has 3 nitrogen and oxygen atoms in total. The Hall–Kier alpha value is -6.19. The molecule has 2 aromatic heterocycles. The number of fused-ring (bicyclic) bond motifs is 4. The van der Waals surface area contributed by atoms with Gasteiger partial charge in [0, 0.05) is 27.7 Å². The second kappa shape index (κ2) is 11.3. The van der Waals surface area contributed by atoms with E-state index >= 15 is 0 Å². The van der Waals surface area contributed by atoms with E-state index in [1.807, 2.05) is 0 Å². The first-order chi connectivity index (χ1) is 23.6. The van der Waals surface area contributed by atoms with Crippen molar-refractivity contribution >= 4 is 32.8 Å². The minimum absolute atomic E-state index is 0.926. The van der Waals surface area contributed by atoms with Crippen molar-refractivity contribution in [2.24, 2.45) is 0 Å². The normalized spacial score (nSPS) is 11.5. The van der Waals surface area contributed by atoms with E-state index in [9.17, 15) is 0 Å². The molecule has 0 aliphatic heterocycles. The number of imidazole rings is 1. The average Bonchev–Trinajstić information content (AvgIpc) is 3.69. The Morgan fingerprint density at radius 2 is 0.958 bits per heavy atom. The van der Waals surface area contributed by atoms with E-state index < -0.39 is 0 Å². The van der Waals surface area contributed by atoms with Crippen molar-refractivity contribution in [1.82, 2.24) is 14.1 Å². The van der Waals surface area contributed by atoms with E-state index in [1.54, 1.807) is 0 Å². The molecule has 0 aliphatic carbocycles. The first-order valence-corrected chi connectivity index (χ1v) is 16.5. The van der Waals surface area contributed by atoms with E-state index in [4.69, 9.17) is 4.98 Å². The highest BCUT2D eigenvalue weighted by Crippen LogP contribution is 2.39. The molecule has 0 atom stereocenters. The molecule has 2 heterocycles. The van der Waals surface area contributed by atoms with Crippen molar-refractivity contribution in [3.63, 3.8) is 0 Å². The topological polar surface area (TPSA) is 22.8 Å². The molecule has 228 valence electrons. The van der Waals surface area contributed by atoms with Gasteiger partial charge in [-0.2, -0.15) is 0 Å². The summed E-state index contributed by atoms with van der Waals surface area (Å²) in [6.07, 6.45) is 0. The number of hydrogen-bond donors (Lipinski definition) is 0. The Kier molecular flexibility index (Phi) is 6.58. The van der Waals surface area contributed by atoms with Gasteiger partial charge in [0.05, 0.1) is 22.1 Å². The van der Waals surface area contributed by atoms with Crippen LogP contribution in [0, 0.1) is 13.8 Å². The number of hydrogen-bond acceptors (Lipinski definition) is 1. The highest BCUT2D eigenvalue weighted by Gasteiger charge is 2.18. The lowest BCUT2D eigenvalue weighted by molar-refractivity contribution is 1.10. The molecule has 9 aromatic rings. The van der Waals surface area contributed by atoms with Crippen LogP contribution in [0.1, 0.15) is 11.1 Å². The summed E-state index contributed by atoms with van der Waals surface area (Å²) in [6.45, 7) is 4.41. The Bertz CT molecular complexity index is 2570. The second-order valence-electron chi connectivity index (χ2n) is 12.6. The van der Waals surface area contributed by atoms with Crippen LogP contribution in [0.25, 0.3) is 77.9 Å². The lowest BCUT2D eigenvalue weighted by atomic mass is 9.91. The molecule has 0 N–H and O–H groups in total. The Balaban J connectivity index is 1.30. The molecule has 3 heteroatoms. The zero-order chi connectivity index (χ0) is 32.2. The van der Waals surface area contributed by atoms with Gasteiger partial charge < -0.3 is 4.57 Å². The smallest absolute Gasteiger partial charge is 0.145 e. The standard InChI is InChI=1S/C45H33N3/c1-30-14-12-15-31(2)44(30)34-26-33(27-35(28-34)45-46-40-22-8-11-25-43(40)48(45)36-17-4-3-5-18-36)32-16-13-19-37(29-32)47-41-23-9-6-20-38(41)39-21-7-10-24-42(39)47/h3-29H,1-2H3. The van der Waals surface area contributed by atoms with Gasteiger partial charge in [-0.1, -0.05) is 97.1 Å². The molecule has 0 saturated heterocycles. The first-order valence-electron chi connectivity index (χ1n) is 16.5. The zero-order valence-corrected chi connectivity index (χ0v) is 26.9. The van der Waals surface area contributed by atoms with Crippen molar-refractivity contribution < 1.29 is 0 Å². The molecule has 0 unspecified atom stereocenters. The van der Waals surface area contributed by atoms with Crippen molar-refractivity contribution in [2.45, 2.75) is 13.8 Å². The third-order valence-electron chi connectivity index (χ3n) is 9.55. The summed E-state index contributed by atoms with van der Waals surface area (Å²) < 4.78 is 4.68. The van der Waals surface area contributed by atoms with Crippen LogP contribution < -0.4 is 0 Å². The summed E-state index contributed by atoms with van der Waals surface area (Å²) >= 11 is 0. The molecule has 0 spiro atoms. The number of rotatable bonds is 5. The van der Waals surface area contributed by atoms with Crippen LogP contribution in [-0.2, 0) is 0 Å². The fraction of sp³-hybridized carbons (Fsp3) is 0.0444. The quantitative estimate of drug-likeness (QED) is 0.189. The number of para-hydroxylation sites is 5. The van der Waals surface area contributed by atoms with Crippen molar-refractivity contribution in [3.05, 3.63) is 175 Å². The zero-order valence-electron chi connectivity index (χ0n) is 26.9. The summed E-state index contributed by atoms with van der Waals surface area (Å²) in [4.78, 5) is 5.26. The molecule has 0 aliphatic rings. The Labute approximate surface area is 280 Å². The van der Waals surface area contributed by atoms with Crippen molar-refractivity contribution in [3.8, 4) is 45.0 Å². The predicted molar refractivity (Wildman–Crippen MR) is 201 cm³/mol. The Morgan fingerprint density at radius 1 is 0.396 bits per heavy atom. The van der Waals surface area contributed by atoms with Gasteiger partial charge in [0.2, 0.25) is 0 Å². The molecule has 0 fully saturated rings. The van der Waals surface area contributed by atoms with Crippen LogP contribution >= 0.6 is 0 Å². The van der Waals surface area contributed by atoms with Crippen molar-refractivity contribution in [2.75, 3.05) is 0 Å². The van der Waals surface area contributed by atoms with Crippen molar-refractivity contribution in [1.29, 1.82) is 0 Å². The Morgan fingerprint density at radius 3 is 1.69 bits per heavy atom. The molecule has 9 rings (SSSR count). The lowest BCUT2D eigenvalue weighted by Gasteiger charge is -2.16. The third-order valence-corrected chi connectivity index (χ3v) is 9.55. The largest absolute Gasteiger partial charge is 0.309 e. The molecule has 0 bridgehead atoms. The van der Waals surface area contributed by atoms with Gasteiger partial charge in [0.25, 0.3) is 0 Å². The average molecular weight is 616 g/mol. The summed E-state index contributed by atoms with van der Waals surface area (Å²) in [5, 5.41) is 2.52. The highest BCUT2D eigenvalue weighted by molar-refractivity contribution is 6.09. The van der Waals surface area contributed by atoms with Gasteiger partial charge in [-0.3, -0.25) is 4.57 Å². The van der Waals surface area contributed by atoms with Crippen LogP contribution in [0.5, 0.6) is 0 Å². The molecule has 0 saturated carbocycles. The van der Waals surface area contributed by atoms with Gasteiger partial charge >= 0.3 is 0 Å². The van der Waals surface area contributed by atoms with E-state index in [1.165, 1.54) is 44.1 Å². The predicted octanol–water partition coefficient (Wildman–Crippen LogP) is 11.7. The molecule has 0 amide bonds. The number of aryl methyl sites for hydroxylation is 2. The monoisotopic (exact) mass is 615 g/mol. The summed E-state index contributed by atoms with van der Waals surface area (Å²) in [7, 11) is 0. The maximum absolute atomic E-state index is 5.26. The lowest BCUT2D eigenvalue weighted by Crippen LogP contribution is -1.99.